The Labute approximate surface area is 192 Å². The molecule has 0 bridgehead atoms. The van der Waals surface area contributed by atoms with Crippen LogP contribution in [0.5, 0.6) is 0 Å². The number of hydrogen-bond acceptors (Lipinski definition) is 5. The minimum absolute atomic E-state index is 0.379. The van der Waals surface area contributed by atoms with Gasteiger partial charge in [-0.2, -0.15) is 0 Å². The molecule has 170 valence electrons. The largest absolute Gasteiger partial charge is 0.480 e. The molecular formula is C25H28N6O2. The summed E-state index contributed by atoms with van der Waals surface area (Å²) in [5.74, 6) is 0.611. The quantitative estimate of drug-likeness (QED) is 0.260. The monoisotopic (exact) mass is 444 g/mol. The number of nitrogens with one attached hydrogen (secondary N) is 4. The molecule has 2 aromatic carbocycles. The summed E-state index contributed by atoms with van der Waals surface area (Å²) < 4.78 is 0. The van der Waals surface area contributed by atoms with E-state index in [-0.39, 0.29) is 0 Å². The number of carboxylic acids is 1. The van der Waals surface area contributed by atoms with Crippen LogP contribution >= 0.6 is 0 Å². The van der Waals surface area contributed by atoms with E-state index in [0.29, 0.717) is 18.9 Å². The van der Waals surface area contributed by atoms with Gasteiger partial charge in [0.25, 0.3) is 0 Å². The summed E-state index contributed by atoms with van der Waals surface area (Å²) in [6.07, 6.45) is 5.61. The van der Waals surface area contributed by atoms with E-state index >= 15 is 0 Å². The zero-order chi connectivity index (χ0) is 23.4. The van der Waals surface area contributed by atoms with E-state index in [4.69, 9.17) is 0 Å². The van der Waals surface area contributed by atoms with Crippen molar-refractivity contribution in [3.8, 4) is 11.3 Å². The Morgan fingerprint density at radius 2 is 1.82 bits per heavy atom. The van der Waals surface area contributed by atoms with Gasteiger partial charge < -0.3 is 25.7 Å². The van der Waals surface area contributed by atoms with Gasteiger partial charge in [-0.15, -0.1) is 0 Å². The highest BCUT2D eigenvalue weighted by Crippen LogP contribution is 2.24. The van der Waals surface area contributed by atoms with Crippen LogP contribution in [0.4, 0.5) is 11.6 Å². The Kier molecular flexibility index (Phi) is 6.44. The first-order valence-electron chi connectivity index (χ1n) is 10.8. The van der Waals surface area contributed by atoms with E-state index in [0.717, 1.165) is 45.0 Å². The molecule has 0 spiro atoms. The zero-order valence-corrected chi connectivity index (χ0v) is 18.9. The number of rotatable bonds is 9. The number of carbonyl (C=O) groups is 1. The van der Waals surface area contributed by atoms with Crippen LogP contribution in [0.1, 0.15) is 28.1 Å². The smallest absolute Gasteiger partial charge is 0.326 e. The normalized spacial score (nSPS) is 11.8. The third-order valence-corrected chi connectivity index (χ3v) is 5.55. The summed E-state index contributed by atoms with van der Waals surface area (Å²) in [6.45, 7) is 6.56. The number of imidazole rings is 2. The first-order valence-corrected chi connectivity index (χ1v) is 10.8. The summed E-state index contributed by atoms with van der Waals surface area (Å²) in [5.41, 5.74) is 6.98. The van der Waals surface area contributed by atoms with Gasteiger partial charge in [0.1, 0.15) is 11.9 Å². The molecule has 0 amide bonds. The molecule has 0 saturated carbocycles. The lowest BCUT2D eigenvalue weighted by Crippen LogP contribution is -2.32. The van der Waals surface area contributed by atoms with E-state index in [1.807, 2.05) is 45.0 Å². The van der Waals surface area contributed by atoms with Crippen LogP contribution in [0.2, 0.25) is 0 Å². The molecule has 0 aliphatic heterocycles. The molecule has 4 rings (SSSR count). The standard InChI is InChI=1S/C25H28N6O2/c1-15-10-16(2)23(17(3)11-15)31-20(24(32)33)12-18-4-6-19(7-5-18)21-13-28-22(30-21)14-29-25-26-8-9-27-25/h4-11,13,20,31H,12,14H2,1-3H3,(H,28,30)(H,32,33)(H2,26,27,29). The topological polar surface area (TPSA) is 119 Å². The van der Waals surface area contributed by atoms with Gasteiger partial charge >= 0.3 is 5.97 Å². The Bertz CT molecular complexity index is 1210. The molecule has 1 unspecified atom stereocenters. The molecule has 2 heterocycles. The second-order valence-electron chi connectivity index (χ2n) is 8.24. The molecule has 1 atom stereocenters. The minimum Gasteiger partial charge on any atom is -0.480 e. The number of aliphatic carboxylic acids is 1. The van der Waals surface area contributed by atoms with Crippen molar-refractivity contribution in [2.45, 2.75) is 39.8 Å². The van der Waals surface area contributed by atoms with Crippen molar-refractivity contribution < 1.29 is 9.90 Å². The fraction of sp³-hybridized carbons (Fsp3) is 0.240. The number of benzene rings is 2. The van der Waals surface area contributed by atoms with Crippen molar-refractivity contribution in [2.75, 3.05) is 10.6 Å². The van der Waals surface area contributed by atoms with Crippen molar-refractivity contribution in [1.82, 2.24) is 19.9 Å². The van der Waals surface area contributed by atoms with Crippen molar-refractivity contribution in [3.05, 3.63) is 83.1 Å². The number of aromatic amines is 2. The van der Waals surface area contributed by atoms with Gasteiger partial charge in [-0.1, -0.05) is 42.0 Å². The SMILES string of the molecule is Cc1cc(C)c(NC(Cc2ccc(-c3cnc(CNc4ncc[nH]4)[nH]3)cc2)C(=O)O)c(C)c1. The maximum Gasteiger partial charge on any atom is 0.326 e. The predicted molar refractivity (Wildman–Crippen MR) is 129 cm³/mol. The van der Waals surface area contributed by atoms with Gasteiger partial charge in [0.2, 0.25) is 0 Å². The molecule has 0 radical (unpaired) electrons. The molecule has 4 aromatic rings. The Hall–Kier alpha value is -4.07. The van der Waals surface area contributed by atoms with Crippen molar-refractivity contribution in [3.63, 3.8) is 0 Å². The van der Waals surface area contributed by atoms with E-state index in [1.165, 1.54) is 0 Å². The van der Waals surface area contributed by atoms with Crippen LogP contribution < -0.4 is 10.6 Å². The fourth-order valence-corrected chi connectivity index (χ4v) is 3.97. The van der Waals surface area contributed by atoms with Crippen LogP contribution in [-0.4, -0.2) is 37.1 Å². The third-order valence-electron chi connectivity index (χ3n) is 5.55. The average molecular weight is 445 g/mol. The van der Waals surface area contributed by atoms with Gasteiger partial charge in [-0.3, -0.25) is 0 Å². The first kappa shape index (κ1) is 22.1. The van der Waals surface area contributed by atoms with Crippen molar-refractivity contribution in [2.24, 2.45) is 0 Å². The Morgan fingerprint density at radius 3 is 2.45 bits per heavy atom. The highest BCUT2D eigenvalue weighted by atomic mass is 16.4. The summed E-state index contributed by atoms with van der Waals surface area (Å²) >= 11 is 0. The lowest BCUT2D eigenvalue weighted by Gasteiger charge is -2.20. The molecule has 0 fully saturated rings. The molecule has 0 saturated heterocycles. The highest BCUT2D eigenvalue weighted by Gasteiger charge is 2.20. The molecule has 33 heavy (non-hydrogen) atoms. The number of aromatic nitrogens is 4. The molecule has 2 aromatic heterocycles. The summed E-state index contributed by atoms with van der Waals surface area (Å²) in [5, 5.41) is 16.2. The van der Waals surface area contributed by atoms with Crippen LogP contribution in [0.15, 0.2) is 55.0 Å². The second kappa shape index (κ2) is 9.60. The number of carboxylic acid groups (broad SMARTS) is 1. The number of aryl methyl sites for hydroxylation is 3. The van der Waals surface area contributed by atoms with Gasteiger partial charge in [0.05, 0.1) is 18.4 Å². The van der Waals surface area contributed by atoms with Crippen molar-refractivity contribution >= 4 is 17.6 Å². The number of nitrogens with zero attached hydrogens (tertiary/aromatic N) is 2. The number of H-pyrrole nitrogens is 2. The highest BCUT2D eigenvalue weighted by molar-refractivity contribution is 5.79. The van der Waals surface area contributed by atoms with E-state index < -0.39 is 12.0 Å². The molecule has 8 heteroatoms. The van der Waals surface area contributed by atoms with Gasteiger partial charge in [0, 0.05) is 24.5 Å². The molecule has 0 aliphatic carbocycles. The first-order chi connectivity index (χ1) is 15.9. The van der Waals surface area contributed by atoms with Crippen LogP contribution in [0.3, 0.4) is 0 Å². The lowest BCUT2D eigenvalue weighted by atomic mass is 10.0. The van der Waals surface area contributed by atoms with Crippen LogP contribution in [0.25, 0.3) is 11.3 Å². The van der Waals surface area contributed by atoms with Gasteiger partial charge in [-0.05, 0) is 43.0 Å². The zero-order valence-electron chi connectivity index (χ0n) is 18.9. The van der Waals surface area contributed by atoms with Crippen LogP contribution in [-0.2, 0) is 17.8 Å². The van der Waals surface area contributed by atoms with Gasteiger partial charge in [-0.25, -0.2) is 14.8 Å². The Morgan fingerprint density at radius 1 is 1.09 bits per heavy atom. The lowest BCUT2D eigenvalue weighted by molar-refractivity contribution is -0.137. The third kappa shape index (κ3) is 5.41. The van der Waals surface area contributed by atoms with E-state index in [1.54, 1.807) is 18.6 Å². The summed E-state index contributed by atoms with van der Waals surface area (Å²) in [6, 6.07) is 11.3. The second-order valence-corrected chi connectivity index (χ2v) is 8.24. The molecule has 8 nitrogen and oxygen atoms in total. The fourth-order valence-electron chi connectivity index (χ4n) is 3.97. The minimum atomic E-state index is -0.874. The summed E-state index contributed by atoms with van der Waals surface area (Å²) in [4.78, 5) is 26.8. The molecule has 0 aliphatic rings. The predicted octanol–water partition coefficient (Wildman–Crippen LogP) is 4.44. The van der Waals surface area contributed by atoms with Crippen molar-refractivity contribution in [1.29, 1.82) is 0 Å². The number of hydrogen-bond donors (Lipinski definition) is 5. The van der Waals surface area contributed by atoms with E-state index in [9.17, 15) is 9.90 Å². The Balaban J connectivity index is 1.42. The maximum atomic E-state index is 11.9. The number of anilines is 2. The van der Waals surface area contributed by atoms with E-state index in [2.05, 4.69) is 42.7 Å². The maximum absolute atomic E-state index is 11.9. The molecule has 5 N–H and O–H groups in total. The molecular weight excluding hydrogens is 416 g/mol. The van der Waals surface area contributed by atoms with Crippen LogP contribution in [0, 0.1) is 20.8 Å². The average Bonchev–Trinajstić information content (AvgIpc) is 3.46. The van der Waals surface area contributed by atoms with Gasteiger partial charge in [0.15, 0.2) is 5.95 Å². The summed E-state index contributed by atoms with van der Waals surface area (Å²) in [7, 11) is 0.